The minimum atomic E-state index is -3.35. The second-order valence-corrected chi connectivity index (χ2v) is 5.66. The van der Waals surface area contributed by atoms with Gasteiger partial charge >= 0.3 is 0 Å². The van der Waals surface area contributed by atoms with Crippen LogP contribution in [0, 0.1) is 13.0 Å². The Labute approximate surface area is 95.9 Å². The molecule has 0 atom stereocenters. The van der Waals surface area contributed by atoms with Crippen LogP contribution in [-0.2, 0) is 14.8 Å². The van der Waals surface area contributed by atoms with Crippen molar-refractivity contribution < 1.29 is 13.2 Å². The molecule has 0 amide bonds. The molecule has 4 nitrogen and oxygen atoms in total. The molecule has 5 heteroatoms. The number of hydrogen-bond acceptors (Lipinski definition) is 3. The monoisotopic (exact) mass is 240 g/mol. The van der Waals surface area contributed by atoms with Crippen LogP contribution in [0.5, 0.6) is 0 Å². The first-order chi connectivity index (χ1) is 7.60. The summed E-state index contributed by atoms with van der Waals surface area (Å²) in [6.45, 7) is 3.63. The van der Waals surface area contributed by atoms with Gasteiger partial charge in [0.2, 0.25) is 10.0 Å². The van der Waals surface area contributed by atoms with Gasteiger partial charge in [0.25, 0.3) is 0 Å². The summed E-state index contributed by atoms with van der Waals surface area (Å²) in [4.78, 5) is 0.339. The highest BCUT2D eigenvalue weighted by atomic mass is 32.2. The van der Waals surface area contributed by atoms with Crippen LogP contribution in [-0.4, -0.2) is 39.0 Å². The molecule has 0 aromatic heterocycles. The molecule has 87 valence electrons. The molecule has 0 saturated carbocycles. The quantitative estimate of drug-likeness (QED) is 0.768. The molecule has 0 unspecified atom stereocenters. The molecule has 1 saturated heterocycles. The normalized spacial score (nSPS) is 18.6. The Morgan fingerprint density at radius 3 is 2.69 bits per heavy atom. The van der Waals surface area contributed by atoms with E-state index in [-0.39, 0.29) is 0 Å². The third kappa shape index (κ3) is 2.26. The van der Waals surface area contributed by atoms with Gasteiger partial charge in [-0.05, 0) is 30.7 Å². The topological polar surface area (TPSA) is 46.6 Å². The maximum absolute atomic E-state index is 12.2. The zero-order valence-electron chi connectivity index (χ0n) is 9.14. The van der Waals surface area contributed by atoms with Gasteiger partial charge in [0.1, 0.15) is 0 Å². The highest BCUT2D eigenvalue weighted by molar-refractivity contribution is 7.89. The van der Waals surface area contributed by atoms with Gasteiger partial charge in [-0.25, -0.2) is 8.42 Å². The fraction of sp³-hybridized carbons (Fsp3) is 0.455. The Morgan fingerprint density at radius 1 is 1.38 bits per heavy atom. The summed E-state index contributed by atoms with van der Waals surface area (Å²) in [6, 6.07) is 7.81. The molecule has 1 fully saturated rings. The highest BCUT2D eigenvalue weighted by Gasteiger charge is 2.25. The van der Waals surface area contributed by atoms with E-state index in [2.05, 4.69) is 6.07 Å². The second-order valence-electron chi connectivity index (χ2n) is 3.72. The molecule has 0 aliphatic carbocycles. The van der Waals surface area contributed by atoms with Crippen LogP contribution in [0.15, 0.2) is 23.1 Å². The zero-order valence-corrected chi connectivity index (χ0v) is 9.96. The lowest BCUT2D eigenvalue weighted by atomic mass is 10.2. The average Bonchev–Trinajstić information content (AvgIpc) is 2.30. The molecule has 2 rings (SSSR count). The predicted molar refractivity (Wildman–Crippen MR) is 59.6 cm³/mol. The number of morpholine rings is 1. The molecule has 1 aliphatic rings. The first-order valence-corrected chi connectivity index (χ1v) is 6.61. The van der Waals surface area contributed by atoms with Crippen molar-refractivity contribution in [3.63, 3.8) is 0 Å². The third-order valence-electron chi connectivity index (χ3n) is 2.53. The van der Waals surface area contributed by atoms with E-state index in [9.17, 15) is 8.42 Å². The highest BCUT2D eigenvalue weighted by Crippen LogP contribution is 2.17. The summed E-state index contributed by atoms with van der Waals surface area (Å²) in [5.41, 5.74) is 0.828. The van der Waals surface area contributed by atoms with Crippen molar-refractivity contribution in [1.29, 1.82) is 0 Å². The molecule has 1 aliphatic heterocycles. The molecule has 0 N–H and O–H groups in total. The molecule has 0 bridgehead atoms. The van der Waals surface area contributed by atoms with Gasteiger partial charge < -0.3 is 4.74 Å². The van der Waals surface area contributed by atoms with Crippen LogP contribution in [0.25, 0.3) is 0 Å². The predicted octanol–water partition coefficient (Wildman–Crippen LogP) is 0.816. The Kier molecular flexibility index (Phi) is 3.28. The van der Waals surface area contributed by atoms with Crippen molar-refractivity contribution in [2.24, 2.45) is 0 Å². The van der Waals surface area contributed by atoms with Crippen molar-refractivity contribution in [2.75, 3.05) is 26.3 Å². The van der Waals surface area contributed by atoms with E-state index >= 15 is 0 Å². The van der Waals surface area contributed by atoms with Crippen molar-refractivity contribution >= 4 is 10.0 Å². The van der Waals surface area contributed by atoms with E-state index in [0.717, 1.165) is 5.56 Å². The number of nitrogens with zero attached hydrogens (tertiary/aromatic N) is 1. The third-order valence-corrected chi connectivity index (χ3v) is 4.42. The Bertz CT molecular complexity index is 464. The Morgan fingerprint density at radius 2 is 2.06 bits per heavy atom. The van der Waals surface area contributed by atoms with E-state index < -0.39 is 10.0 Å². The minimum Gasteiger partial charge on any atom is -0.379 e. The van der Waals surface area contributed by atoms with Gasteiger partial charge in [-0.2, -0.15) is 4.31 Å². The molecule has 16 heavy (non-hydrogen) atoms. The standard InChI is InChI=1S/C11H14NO3S/c1-10-3-2-4-11(9-10)16(13,14)12-5-7-15-8-6-12/h2,4,9H,5-8H2,1H3. The smallest absolute Gasteiger partial charge is 0.243 e. The van der Waals surface area contributed by atoms with Crippen LogP contribution in [0.2, 0.25) is 0 Å². The largest absolute Gasteiger partial charge is 0.379 e. The van der Waals surface area contributed by atoms with Crippen molar-refractivity contribution in [3.05, 3.63) is 29.8 Å². The summed E-state index contributed by atoms with van der Waals surface area (Å²) in [6.07, 6.45) is 0. The van der Waals surface area contributed by atoms with Gasteiger partial charge in [0, 0.05) is 13.1 Å². The lowest BCUT2D eigenvalue weighted by Gasteiger charge is -2.26. The number of ether oxygens (including phenoxy) is 1. The van der Waals surface area contributed by atoms with Gasteiger partial charge in [0.05, 0.1) is 18.1 Å². The van der Waals surface area contributed by atoms with Crippen LogP contribution in [0.4, 0.5) is 0 Å². The molecular weight excluding hydrogens is 226 g/mol. The molecule has 1 radical (unpaired) electrons. The lowest BCUT2D eigenvalue weighted by Crippen LogP contribution is -2.40. The molecule has 1 heterocycles. The molecule has 0 spiro atoms. The van der Waals surface area contributed by atoms with Crippen LogP contribution in [0.1, 0.15) is 5.56 Å². The molecule has 1 aromatic rings. The zero-order chi connectivity index (χ0) is 11.6. The van der Waals surface area contributed by atoms with Crippen LogP contribution in [0.3, 0.4) is 0 Å². The van der Waals surface area contributed by atoms with Crippen LogP contribution < -0.4 is 0 Å². The first kappa shape index (κ1) is 11.6. The molecular formula is C11H14NO3S. The maximum atomic E-state index is 12.2. The fourth-order valence-electron chi connectivity index (χ4n) is 1.65. The Balaban J connectivity index is 2.30. The SMILES string of the molecule is Cc1[c]ccc(S(=O)(=O)N2CCOCC2)c1. The average molecular weight is 240 g/mol. The summed E-state index contributed by atoms with van der Waals surface area (Å²) >= 11 is 0. The summed E-state index contributed by atoms with van der Waals surface area (Å²) in [5.74, 6) is 0. The summed E-state index contributed by atoms with van der Waals surface area (Å²) in [5, 5.41) is 0. The van der Waals surface area contributed by atoms with Crippen LogP contribution >= 0.6 is 0 Å². The lowest BCUT2D eigenvalue weighted by molar-refractivity contribution is 0.0730. The van der Waals surface area contributed by atoms with Gasteiger partial charge in [0.15, 0.2) is 0 Å². The van der Waals surface area contributed by atoms with E-state index in [1.807, 2.05) is 6.92 Å². The van der Waals surface area contributed by atoms with E-state index in [1.165, 1.54) is 4.31 Å². The minimum absolute atomic E-state index is 0.339. The molecule has 1 aromatic carbocycles. The number of rotatable bonds is 2. The number of sulfonamides is 1. The number of hydrogen-bond donors (Lipinski definition) is 0. The van der Waals surface area contributed by atoms with Gasteiger partial charge in [-0.15, -0.1) is 0 Å². The summed E-state index contributed by atoms with van der Waals surface area (Å²) in [7, 11) is -3.35. The Hall–Kier alpha value is -0.910. The number of aryl methyl sites for hydroxylation is 1. The van der Waals surface area contributed by atoms with Gasteiger partial charge in [-0.1, -0.05) is 6.07 Å². The maximum Gasteiger partial charge on any atom is 0.243 e. The van der Waals surface area contributed by atoms with Crippen molar-refractivity contribution in [2.45, 2.75) is 11.8 Å². The van der Waals surface area contributed by atoms with Crippen molar-refractivity contribution in [3.8, 4) is 0 Å². The van der Waals surface area contributed by atoms with Crippen molar-refractivity contribution in [1.82, 2.24) is 4.31 Å². The second kappa shape index (κ2) is 4.53. The van der Waals surface area contributed by atoms with E-state index in [0.29, 0.717) is 31.2 Å². The number of benzene rings is 1. The van der Waals surface area contributed by atoms with E-state index in [4.69, 9.17) is 4.74 Å². The first-order valence-electron chi connectivity index (χ1n) is 5.17. The summed E-state index contributed by atoms with van der Waals surface area (Å²) < 4.78 is 31.0. The van der Waals surface area contributed by atoms with E-state index in [1.54, 1.807) is 18.2 Å². The van der Waals surface area contributed by atoms with Gasteiger partial charge in [-0.3, -0.25) is 0 Å². The fourth-order valence-corrected chi connectivity index (χ4v) is 3.15.